The van der Waals surface area contributed by atoms with Crippen molar-refractivity contribution in [2.45, 2.75) is 51.6 Å². The molecule has 82 valence electrons. The van der Waals surface area contributed by atoms with Gasteiger partial charge in [0, 0.05) is 25.2 Å². The lowest BCUT2D eigenvalue weighted by Gasteiger charge is -2.29. The van der Waals surface area contributed by atoms with Gasteiger partial charge in [-0.15, -0.1) is 0 Å². The normalized spacial score (nSPS) is 35.6. The summed E-state index contributed by atoms with van der Waals surface area (Å²) in [6, 6.07) is 1.74. The molecule has 0 aromatic rings. The highest BCUT2D eigenvalue weighted by molar-refractivity contribution is 4.92. The van der Waals surface area contributed by atoms with Crippen LogP contribution in [-0.4, -0.2) is 36.6 Å². The topological polar surface area (TPSA) is 15.3 Å². The van der Waals surface area contributed by atoms with Crippen LogP contribution >= 0.6 is 0 Å². The smallest absolute Gasteiger partial charge is 0.0224 e. The highest BCUT2D eigenvalue weighted by Crippen LogP contribution is 2.28. The molecule has 0 aromatic heterocycles. The van der Waals surface area contributed by atoms with Gasteiger partial charge in [0.2, 0.25) is 0 Å². The second-order valence-corrected chi connectivity index (χ2v) is 5.09. The predicted molar refractivity (Wildman–Crippen MR) is 60.5 cm³/mol. The molecule has 2 saturated heterocycles. The molecule has 0 amide bonds. The summed E-state index contributed by atoms with van der Waals surface area (Å²) in [7, 11) is 0. The molecule has 2 heteroatoms. The molecule has 0 aromatic carbocycles. The fourth-order valence-electron chi connectivity index (χ4n) is 2.87. The second kappa shape index (κ2) is 4.63. The molecule has 0 aliphatic carbocycles. The van der Waals surface area contributed by atoms with Crippen molar-refractivity contribution >= 4 is 0 Å². The van der Waals surface area contributed by atoms with Crippen LogP contribution < -0.4 is 5.32 Å². The fourth-order valence-corrected chi connectivity index (χ4v) is 2.87. The van der Waals surface area contributed by atoms with E-state index >= 15 is 0 Å². The first-order valence-electron chi connectivity index (χ1n) is 6.27. The minimum atomic E-state index is 0.844. The zero-order valence-electron chi connectivity index (χ0n) is 9.63. The van der Waals surface area contributed by atoms with Gasteiger partial charge in [0.1, 0.15) is 0 Å². The Morgan fingerprint density at radius 3 is 2.86 bits per heavy atom. The summed E-state index contributed by atoms with van der Waals surface area (Å²) in [5.74, 6) is 0.871. The number of fused-ring (bicyclic) bond motifs is 2. The van der Waals surface area contributed by atoms with Crippen molar-refractivity contribution in [2.24, 2.45) is 5.92 Å². The third-order valence-electron chi connectivity index (χ3n) is 4.02. The summed E-state index contributed by atoms with van der Waals surface area (Å²) >= 11 is 0. The van der Waals surface area contributed by atoms with Crippen LogP contribution in [0.2, 0.25) is 0 Å². The van der Waals surface area contributed by atoms with Crippen LogP contribution in [0.3, 0.4) is 0 Å². The number of nitrogens with one attached hydrogen (secondary N) is 1. The standard InChI is InChI=1S/C12H24N2/c1-3-10(2)9-14-11-4-5-12(14)8-13-7-6-11/h10-13H,3-9H2,1-2H3. The Balaban J connectivity index is 1.95. The molecule has 2 heterocycles. The Bertz CT molecular complexity index is 167. The highest BCUT2D eigenvalue weighted by Gasteiger charge is 2.34. The number of nitrogens with zero attached hydrogens (tertiary/aromatic N) is 1. The maximum atomic E-state index is 3.56. The molecule has 2 rings (SSSR count). The van der Waals surface area contributed by atoms with E-state index in [4.69, 9.17) is 0 Å². The number of hydrogen-bond donors (Lipinski definition) is 1. The first-order chi connectivity index (χ1) is 6.81. The summed E-state index contributed by atoms with van der Waals surface area (Å²) in [5, 5.41) is 3.56. The van der Waals surface area contributed by atoms with Gasteiger partial charge in [0.05, 0.1) is 0 Å². The van der Waals surface area contributed by atoms with E-state index in [-0.39, 0.29) is 0 Å². The van der Waals surface area contributed by atoms with Gasteiger partial charge in [-0.2, -0.15) is 0 Å². The third kappa shape index (κ3) is 2.12. The Kier molecular flexibility index (Phi) is 3.45. The van der Waals surface area contributed by atoms with E-state index in [1.807, 2.05) is 0 Å². The van der Waals surface area contributed by atoms with Gasteiger partial charge >= 0.3 is 0 Å². The molecule has 0 radical (unpaired) electrons. The van der Waals surface area contributed by atoms with Crippen molar-refractivity contribution in [3.8, 4) is 0 Å². The summed E-state index contributed by atoms with van der Waals surface area (Å²) in [6.45, 7) is 8.49. The maximum absolute atomic E-state index is 3.56. The van der Waals surface area contributed by atoms with E-state index in [0.717, 1.165) is 18.0 Å². The molecule has 2 aliphatic rings. The van der Waals surface area contributed by atoms with Crippen LogP contribution in [0, 0.1) is 5.92 Å². The van der Waals surface area contributed by atoms with Crippen molar-refractivity contribution in [3.63, 3.8) is 0 Å². The quantitative estimate of drug-likeness (QED) is 0.741. The van der Waals surface area contributed by atoms with Crippen molar-refractivity contribution < 1.29 is 0 Å². The summed E-state index contributed by atoms with van der Waals surface area (Å²) < 4.78 is 0. The van der Waals surface area contributed by atoms with E-state index in [9.17, 15) is 0 Å². The van der Waals surface area contributed by atoms with E-state index in [2.05, 4.69) is 24.1 Å². The van der Waals surface area contributed by atoms with Crippen LogP contribution in [0.4, 0.5) is 0 Å². The molecule has 2 fully saturated rings. The average molecular weight is 196 g/mol. The van der Waals surface area contributed by atoms with Gasteiger partial charge in [0.15, 0.2) is 0 Å². The van der Waals surface area contributed by atoms with Crippen molar-refractivity contribution in [3.05, 3.63) is 0 Å². The molecule has 3 unspecified atom stereocenters. The minimum absolute atomic E-state index is 0.844. The largest absolute Gasteiger partial charge is 0.315 e. The maximum Gasteiger partial charge on any atom is 0.0224 e. The van der Waals surface area contributed by atoms with E-state index in [0.29, 0.717) is 0 Å². The third-order valence-corrected chi connectivity index (χ3v) is 4.02. The minimum Gasteiger partial charge on any atom is -0.315 e. The first-order valence-corrected chi connectivity index (χ1v) is 6.27. The molecule has 0 saturated carbocycles. The van der Waals surface area contributed by atoms with E-state index in [1.54, 1.807) is 0 Å². The number of rotatable bonds is 3. The van der Waals surface area contributed by atoms with E-state index in [1.165, 1.54) is 45.3 Å². The average Bonchev–Trinajstić information content (AvgIpc) is 2.40. The van der Waals surface area contributed by atoms with Crippen LogP contribution in [0.15, 0.2) is 0 Å². The van der Waals surface area contributed by atoms with Crippen molar-refractivity contribution in [1.29, 1.82) is 0 Å². The van der Waals surface area contributed by atoms with Crippen LogP contribution in [-0.2, 0) is 0 Å². The zero-order valence-corrected chi connectivity index (χ0v) is 9.63. The SMILES string of the molecule is CCC(C)CN1C2CCNCC1CC2. The Labute approximate surface area is 88.1 Å². The first kappa shape index (κ1) is 10.4. The molecule has 0 spiro atoms. The fraction of sp³-hybridized carbons (Fsp3) is 1.00. The number of hydrogen-bond acceptors (Lipinski definition) is 2. The van der Waals surface area contributed by atoms with Crippen LogP contribution in [0.25, 0.3) is 0 Å². The lowest BCUT2D eigenvalue weighted by Crippen LogP contribution is -2.40. The molecule has 3 atom stereocenters. The van der Waals surface area contributed by atoms with Gasteiger partial charge in [-0.05, 0) is 31.7 Å². The highest BCUT2D eigenvalue weighted by atomic mass is 15.2. The van der Waals surface area contributed by atoms with Gasteiger partial charge in [-0.3, -0.25) is 4.90 Å². The van der Waals surface area contributed by atoms with Crippen molar-refractivity contribution in [1.82, 2.24) is 10.2 Å². The van der Waals surface area contributed by atoms with Crippen molar-refractivity contribution in [2.75, 3.05) is 19.6 Å². The molecule has 1 N–H and O–H groups in total. The molecule has 2 nitrogen and oxygen atoms in total. The molecular formula is C12H24N2. The molecular weight excluding hydrogens is 172 g/mol. The zero-order chi connectivity index (χ0) is 9.97. The Morgan fingerprint density at radius 2 is 2.07 bits per heavy atom. The van der Waals surface area contributed by atoms with Gasteiger partial charge in [-0.1, -0.05) is 20.3 Å². The van der Waals surface area contributed by atoms with E-state index < -0.39 is 0 Å². The lowest BCUT2D eigenvalue weighted by atomic mass is 10.1. The lowest BCUT2D eigenvalue weighted by molar-refractivity contribution is 0.173. The molecule has 14 heavy (non-hydrogen) atoms. The molecule has 2 bridgehead atoms. The Hall–Kier alpha value is -0.0800. The summed E-state index contributed by atoms with van der Waals surface area (Å²) in [4.78, 5) is 2.79. The monoisotopic (exact) mass is 196 g/mol. The summed E-state index contributed by atoms with van der Waals surface area (Å²) in [6.07, 6.45) is 5.56. The predicted octanol–water partition coefficient (Wildman–Crippen LogP) is 1.86. The Morgan fingerprint density at radius 1 is 1.29 bits per heavy atom. The van der Waals surface area contributed by atoms with Crippen LogP contribution in [0.5, 0.6) is 0 Å². The second-order valence-electron chi connectivity index (χ2n) is 5.09. The van der Waals surface area contributed by atoms with Gasteiger partial charge in [0.25, 0.3) is 0 Å². The van der Waals surface area contributed by atoms with Gasteiger partial charge < -0.3 is 5.32 Å². The summed E-state index contributed by atoms with van der Waals surface area (Å²) in [5.41, 5.74) is 0. The van der Waals surface area contributed by atoms with Crippen LogP contribution in [0.1, 0.15) is 39.5 Å². The molecule has 2 aliphatic heterocycles. The van der Waals surface area contributed by atoms with Gasteiger partial charge in [-0.25, -0.2) is 0 Å².